The molecule has 0 unspecified atom stereocenters. The highest BCUT2D eigenvalue weighted by atomic mass is 16.6. The molecule has 1 amide bonds. The largest absolute Gasteiger partial charge is 0.459 e. The molecule has 0 saturated heterocycles. The van der Waals surface area contributed by atoms with Crippen LogP contribution in [0.1, 0.15) is 10.6 Å². The van der Waals surface area contributed by atoms with Crippen LogP contribution in [0, 0.1) is 10.1 Å². The number of aromatic nitrogens is 2. The predicted molar refractivity (Wildman–Crippen MR) is 68.0 cm³/mol. The summed E-state index contributed by atoms with van der Waals surface area (Å²) in [6.45, 7) is 0. The minimum Gasteiger partial charge on any atom is -0.459 e. The van der Waals surface area contributed by atoms with E-state index < -0.39 is 10.8 Å². The van der Waals surface area contributed by atoms with E-state index in [4.69, 9.17) is 4.42 Å². The van der Waals surface area contributed by atoms with Crippen LogP contribution in [0.15, 0.2) is 29.1 Å². The Labute approximate surface area is 112 Å². The fraction of sp³-hybridized carbons (Fsp3) is 0.100. The molecule has 20 heavy (non-hydrogen) atoms. The summed E-state index contributed by atoms with van der Waals surface area (Å²) >= 11 is 0. The number of carbonyl (C=O) groups excluding carboxylic acids is 1. The lowest BCUT2D eigenvalue weighted by atomic mass is 10.4. The lowest BCUT2D eigenvalue weighted by molar-refractivity contribution is -0.383. The lowest BCUT2D eigenvalue weighted by Gasteiger charge is -2.08. The normalized spacial score (nSPS) is 9.85. The number of nitrogens with one attached hydrogen (secondary N) is 3. The number of hydrazine groups is 1. The zero-order chi connectivity index (χ0) is 14.5. The highest BCUT2D eigenvalue weighted by Crippen LogP contribution is 2.27. The van der Waals surface area contributed by atoms with Gasteiger partial charge in [0.1, 0.15) is 6.33 Å². The Morgan fingerprint density at radius 2 is 2.15 bits per heavy atom. The third kappa shape index (κ3) is 2.63. The van der Waals surface area contributed by atoms with Gasteiger partial charge in [-0.1, -0.05) is 0 Å². The van der Waals surface area contributed by atoms with Crippen molar-refractivity contribution in [2.45, 2.75) is 0 Å². The molecule has 3 N–H and O–H groups in total. The molecule has 2 aromatic rings. The molecule has 10 heteroatoms. The maximum absolute atomic E-state index is 11.6. The molecule has 0 saturated carbocycles. The van der Waals surface area contributed by atoms with Gasteiger partial charge in [-0.2, -0.15) is 0 Å². The molecule has 0 spiro atoms. The molecule has 2 rings (SSSR count). The van der Waals surface area contributed by atoms with Crippen LogP contribution in [0.4, 0.5) is 17.3 Å². The summed E-state index contributed by atoms with van der Waals surface area (Å²) in [4.78, 5) is 29.4. The maximum Gasteiger partial charge on any atom is 0.354 e. The van der Waals surface area contributed by atoms with Crippen molar-refractivity contribution < 1.29 is 14.1 Å². The van der Waals surface area contributed by atoms with Crippen LogP contribution in [0.5, 0.6) is 0 Å². The van der Waals surface area contributed by atoms with Crippen molar-refractivity contribution in [3.8, 4) is 0 Å². The molecular formula is C10H10N6O4. The number of amides is 1. The van der Waals surface area contributed by atoms with Gasteiger partial charge in [0.15, 0.2) is 5.76 Å². The zero-order valence-corrected chi connectivity index (χ0v) is 10.3. The van der Waals surface area contributed by atoms with Crippen molar-refractivity contribution in [1.82, 2.24) is 15.4 Å². The minimum atomic E-state index is -0.660. The van der Waals surface area contributed by atoms with Crippen LogP contribution >= 0.6 is 0 Å². The maximum atomic E-state index is 11.6. The van der Waals surface area contributed by atoms with Gasteiger partial charge in [-0.05, 0) is 12.1 Å². The fourth-order valence-electron chi connectivity index (χ4n) is 1.41. The molecule has 104 valence electrons. The van der Waals surface area contributed by atoms with Crippen LogP contribution in [-0.4, -0.2) is 27.8 Å². The summed E-state index contributed by atoms with van der Waals surface area (Å²) in [5.41, 5.74) is 4.23. The predicted octanol–water partition coefficient (Wildman–Crippen LogP) is 0.776. The Morgan fingerprint density at radius 3 is 2.75 bits per heavy atom. The van der Waals surface area contributed by atoms with Crippen molar-refractivity contribution in [2.75, 3.05) is 17.8 Å². The molecule has 0 aliphatic rings. The number of rotatable bonds is 5. The summed E-state index contributed by atoms with van der Waals surface area (Å²) < 4.78 is 4.88. The lowest BCUT2D eigenvalue weighted by Crippen LogP contribution is -2.30. The van der Waals surface area contributed by atoms with Crippen molar-refractivity contribution in [3.05, 3.63) is 40.6 Å². The van der Waals surface area contributed by atoms with Crippen molar-refractivity contribution in [2.24, 2.45) is 0 Å². The quantitative estimate of drug-likeness (QED) is 0.539. The van der Waals surface area contributed by atoms with Crippen molar-refractivity contribution >= 4 is 23.2 Å². The second kappa shape index (κ2) is 5.65. The molecule has 0 fully saturated rings. The van der Waals surface area contributed by atoms with Crippen LogP contribution in [-0.2, 0) is 0 Å². The molecule has 0 aliphatic heterocycles. The molecule has 0 aliphatic carbocycles. The molecule has 0 bridgehead atoms. The second-order valence-corrected chi connectivity index (χ2v) is 3.48. The fourth-order valence-corrected chi connectivity index (χ4v) is 1.41. The van der Waals surface area contributed by atoms with Gasteiger partial charge < -0.3 is 9.73 Å². The van der Waals surface area contributed by atoms with Crippen LogP contribution in [0.3, 0.4) is 0 Å². The van der Waals surface area contributed by atoms with E-state index in [-0.39, 0.29) is 23.1 Å². The number of hydrogen-bond donors (Lipinski definition) is 3. The monoisotopic (exact) mass is 278 g/mol. The van der Waals surface area contributed by atoms with Gasteiger partial charge in [-0.15, -0.1) is 0 Å². The highest BCUT2D eigenvalue weighted by Gasteiger charge is 2.22. The topological polar surface area (TPSA) is 135 Å². The van der Waals surface area contributed by atoms with E-state index >= 15 is 0 Å². The number of nitrogens with zero attached hydrogens (tertiary/aromatic N) is 3. The third-order valence-corrected chi connectivity index (χ3v) is 2.28. The number of hydrogen-bond acceptors (Lipinski definition) is 8. The van der Waals surface area contributed by atoms with Crippen molar-refractivity contribution in [1.29, 1.82) is 0 Å². The van der Waals surface area contributed by atoms with E-state index in [9.17, 15) is 14.9 Å². The van der Waals surface area contributed by atoms with E-state index in [1.807, 2.05) is 0 Å². The first-order valence-electron chi connectivity index (χ1n) is 5.40. The molecular weight excluding hydrogens is 268 g/mol. The molecule has 2 aromatic heterocycles. The SMILES string of the molecule is CNc1ncnc(NNC(=O)c2ccco2)c1[N+](=O)[O-]. The van der Waals surface area contributed by atoms with Crippen molar-refractivity contribution in [3.63, 3.8) is 0 Å². The Balaban J connectivity index is 2.17. The average molecular weight is 278 g/mol. The van der Waals surface area contributed by atoms with Gasteiger partial charge >= 0.3 is 11.6 Å². The molecule has 0 aromatic carbocycles. The summed E-state index contributed by atoms with van der Waals surface area (Å²) in [6.07, 6.45) is 2.46. The van der Waals surface area contributed by atoms with E-state index in [0.717, 1.165) is 6.33 Å². The van der Waals surface area contributed by atoms with Crippen LogP contribution in [0.25, 0.3) is 0 Å². The second-order valence-electron chi connectivity index (χ2n) is 3.48. The van der Waals surface area contributed by atoms with Gasteiger partial charge in [-0.3, -0.25) is 25.8 Å². The molecule has 2 heterocycles. The zero-order valence-electron chi connectivity index (χ0n) is 10.3. The standard InChI is InChI=1S/C10H10N6O4/c1-11-8-7(16(18)19)9(13-5-12-8)14-15-10(17)6-3-2-4-20-6/h2-5H,1H3,(H,15,17)(H2,11,12,13,14). The highest BCUT2D eigenvalue weighted by molar-refractivity contribution is 5.92. The minimum absolute atomic E-state index is 0.0275. The Morgan fingerprint density at radius 1 is 1.40 bits per heavy atom. The van der Waals surface area contributed by atoms with Gasteiger partial charge in [0.25, 0.3) is 0 Å². The summed E-state index contributed by atoms with van der Waals surface area (Å²) in [5.74, 6) is -0.647. The van der Waals surface area contributed by atoms with E-state index in [1.54, 1.807) is 6.07 Å². The first kappa shape index (κ1) is 13.3. The van der Waals surface area contributed by atoms with Gasteiger partial charge in [0, 0.05) is 7.05 Å². The first-order chi connectivity index (χ1) is 9.63. The third-order valence-electron chi connectivity index (χ3n) is 2.28. The molecule has 10 nitrogen and oxygen atoms in total. The molecule has 0 radical (unpaired) electrons. The Kier molecular flexibility index (Phi) is 3.75. The van der Waals surface area contributed by atoms with Gasteiger partial charge in [0.2, 0.25) is 11.6 Å². The summed E-state index contributed by atoms with van der Waals surface area (Å²) in [7, 11) is 1.49. The molecule has 0 atom stereocenters. The number of furan rings is 1. The van der Waals surface area contributed by atoms with Crippen LogP contribution in [0.2, 0.25) is 0 Å². The number of carbonyl (C=O) groups is 1. The van der Waals surface area contributed by atoms with Gasteiger partial charge in [0.05, 0.1) is 11.2 Å². The van der Waals surface area contributed by atoms with Crippen LogP contribution < -0.4 is 16.2 Å². The first-order valence-corrected chi connectivity index (χ1v) is 5.40. The van der Waals surface area contributed by atoms with E-state index in [2.05, 4.69) is 26.1 Å². The van der Waals surface area contributed by atoms with E-state index in [1.165, 1.54) is 19.4 Å². The van der Waals surface area contributed by atoms with E-state index in [0.29, 0.717) is 0 Å². The Hall–Kier alpha value is -3.17. The Bertz CT molecular complexity index is 627. The summed E-state index contributed by atoms with van der Waals surface area (Å²) in [5, 5.41) is 13.6. The summed E-state index contributed by atoms with van der Waals surface area (Å²) in [6, 6.07) is 2.99. The smallest absolute Gasteiger partial charge is 0.354 e. The number of anilines is 2. The average Bonchev–Trinajstić information content (AvgIpc) is 2.98. The van der Waals surface area contributed by atoms with Gasteiger partial charge in [-0.25, -0.2) is 9.97 Å². The number of nitro groups is 1.